The number of amides is 1. The Hall–Kier alpha value is -2.32. The van der Waals surface area contributed by atoms with Crippen LogP contribution < -0.4 is 4.90 Å². The first-order valence-electron chi connectivity index (χ1n) is 8.56. The molecule has 1 amide bonds. The third-order valence-corrected chi connectivity index (χ3v) is 5.56. The summed E-state index contributed by atoms with van der Waals surface area (Å²) in [5.74, 6) is 0.311. The first kappa shape index (κ1) is 17.5. The van der Waals surface area contributed by atoms with Crippen molar-refractivity contribution in [1.29, 1.82) is 5.26 Å². The standard InChI is InChI=1S/C20H21N3OS/c1-3-23(15-8-5-4-6-9-15)19(24)13-25-20-17(12-21)14(2)16-10-7-11-18(16)22-20/h4-6,8-9H,3,7,10-11,13H2,1-2H3. The average Bonchev–Trinajstić information content (AvgIpc) is 3.10. The Labute approximate surface area is 152 Å². The zero-order chi connectivity index (χ0) is 17.8. The van der Waals surface area contributed by atoms with Crippen molar-refractivity contribution >= 4 is 23.4 Å². The Bertz CT molecular complexity index is 827. The number of carbonyl (C=O) groups is 1. The predicted molar refractivity (Wildman–Crippen MR) is 101 cm³/mol. The molecule has 0 bridgehead atoms. The molecular weight excluding hydrogens is 330 g/mol. The van der Waals surface area contributed by atoms with E-state index >= 15 is 0 Å². The number of hydrogen-bond acceptors (Lipinski definition) is 4. The smallest absolute Gasteiger partial charge is 0.237 e. The van der Waals surface area contributed by atoms with Crippen molar-refractivity contribution in [2.24, 2.45) is 0 Å². The summed E-state index contributed by atoms with van der Waals surface area (Å²) in [5.41, 5.74) is 4.89. The van der Waals surface area contributed by atoms with Gasteiger partial charge in [0.1, 0.15) is 11.1 Å². The van der Waals surface area contributed by atoms with Crippen molar-refractivity contribution in [3.8, 4) is 6.07 Å². The van der Waals surface area contributed by atoms with Gasteiger partial charge >= 0.3 is 0 Å². The van der Waals surface area contributed by atoms with Crippen LogP contribution in [0.15, 0.2) is 35.4 Å². The van der Waals surface area contributed by atoms with Gasteiger partial charge in [-0.25, -0.2) is 4.98 Å². The minimum atomic E-state index is 0.0301. The molecule has 0 aliphatic heterocycles. The van der Waals surface area contributed by atoms with Gasteiger partial charge in [-0.15, -0.1) is 0 Å². The van der Waals surface area contributed by atoms with Gasteiger partial charge in [-0.1, -0.05) is 30.0 Å². The average molecular weight is 351 g/mol. The van der Waals surface area contributed by atoms with Crippen molar-refractivity contribution in [3.05, 3.63) is 52.7 Å². The molecule has 5 heteroatoms. The number of carbonyl (C=O) groups excluding carboxylic acids is 1. The summed E-state index contributed by atoms with van der Waals surface area (Å²) in [5, 5.41) is 10.2. The SMILES string of the molecule is CCN(C(=O)CSc1nc2c(c(C)c1C#N)CCC2)c1ccccc1. The molecule has 0 atom stereocenters. The molecule has 0 saturated heterocycles. The monoisotopic (exact) mass is 351 g/mol. The fourth-order valence-electron chi connectivity index (χ4n) is 3.30. The van der Waals surface area contributed by atoms with E-state index in [1.165, 1.54) is 17.3 Å². The lowest BCUT2D eigenvalue weighted by Crippen LogP contribution is -2.32. The lowest BCUT2D eigenvalue weighted by molar-refractivity contribution is -0.116. The summed E-state index contributed by atoms with van der Waals surface area (Å²) < 4.78 is 0. The number of thioether (sulfide) groups is 1. The van der Waals surface area contributed by atoms with Crippen LogP contribution in [0.1, 0.15) is 35.7 Å². The molecule has 0 unspecified atom stereocenters. The number of aromatic nitrogens is 1. The first-order valence-corrected chi connectivity index (χ1v) is 9.55. The van der Waals surface area contributed by atoms with Gasteiger partial charge in [0, 0.05) is 17.9 Å². The summed E-state index contributed by atoms with van der Waals surface area (Å²) in [6, 6.07) is 11.9. The fraction of sp³-hybridized carbons (Fsp3) is 0.350. The van der Waals surface area contributed by atoms with Gasteiger partial charge in [0.25, 0.3) is 0 Å². The molecule has 1 heterocycles. The molecule has 0 N–H and O–H groups in total. The van der Waals surface area contributed by atoms with Crippen molar-refractivity contribution < 1.29 is 4.79 Å². The van der Waals surface area contributed by atoms with E-state index in [-0.39, 0.29) is 11.7 Å². The topological polar surface area (TPSA) is 57.0 Å². The zero-order valence-electron chi connectivity index (χ0n) is 14.6. The van der Waals surface area contributed by atoms with E-state index in [1.54, 1.807) is 4.90 Å². The van der Waals surface area contributed by atoms with E-state index in [4.69, 9.17) is 0 Å². The van der Waals surface area contributed by atoms with Crippen LogP contribution in [0.5, 0.6) is 0 Å². The lowest BCUT2D eigenvalue weighted by Gasteiger charge is -2.21. The number of nitriles is 1. The van der Waals surface area contributed by atoms with E-state index in [2.05, 4.69) is 11.1 Å². The molecule has 128 valence electrons. The van der Waals surface area contributed by atoms with E-state index in [9.17, 15) is 10.1 Å². The van der Waals surface area contributed by atoms with Gasteiger partial charge in [0.15, 0.2) is 0 Å². The number of anilines is 1. The number of aryl methyl sites for hydroxylation is 1. The molecular formula is C20H21N3OS. The molecule has 0 fully saturated rings. The maximum absolute atomic E-state index is 12.7. The second kappa shape index (κ2) is 7.71. The Morgan fingerprint density at radius 1 is 1.32 bits per heavy atom. The number of fused-ring (bicyclic) bond motifs is 1. The summed E-state index contributed by atoms with van der Waals surface area (Å²) in [6.45, 7) is 4.58. The van der Waals surface area contributed by atoms with Gasteiger partial charge in [-0.2, -0.15) is 5.26 Å². The van der Waals surface area contributed by atoms with Crippen molar-refractivity contribution in [3.63, 3.8) is 0 Å². The van der Waals surface area contributed by atoms with Gasteiger partial charge in [-0.3, -0.25) is 4.79 Å². The number of hydrogen-bond donors (Lipinski definition) is 0. The Kier molecular flexibility index (Phi) is 5.40. The maximum atomic E-state index is 12.7. The summed E-state index contributed by atoms with van der Waals surface area (Å²) in [4.78, 5) is 19.1. The summed E-state index contributed by atoms with van der Waals surface area (Å²) >= 11 is 1.37. The zero-order valence-corrected chi connectivity index (χ0v) is 15.4. The van der Waals surface area contributed by atoms with Crippen molar-refractivity contribution in [2.75, 3.05) is 17.2 Å². The molecule has 0 radical (unpaired) electrons. The van der Waals surface area contributed by atoms with E-state index in [0.29, 0.717) is 17.1 Å². The molecule has 2 aromatic rings. The summed E-state index contributed by atoms with van der Waals surface area (Å²) in [7, 11) is 0. The Morgan fingerprint density at radius 2 is 2.08 bits per heavy atom. The maximum Gasteiger partial charge on any atom is 0.237 e. The molecule has 1 aliphatic carbocycles. The number of benzene rings is 1. The highest BCUT2D eigenvalue weighted by atomic mass is 32.2. The second-order valence-corrected chi connectivity index (χ2v) is 7.03. The third-order valence-electron chi connectivity index (χ3n) is 4.60. The van der Waals surface area contributed by atoms with E-state index in [1.807, 2.05) is 44.2 Å². The molecule has 3 rings (SSSR count). The van der Waals surface area contributed by atoms with Crippen LogP contribution >= 0.6 is 11.8 Å². The van der Waals surface area contributed by atoms with Crippen LogP contribution in [-0.4, -0.2) is 23.2 Å². The van der Waals surface area contributed by atoms with Crippen LogP contribution in [0.4, 0.5) is 5.69 Å². The third kappa shape index (κ3) is 3.54. The van der Waals surface area contributed by atoms with Crippen molar-refractivity contribution in [2.45, 2.75) is 38.1 Å². The number of rotatable bonds is 5. The van der Waals surface area contributed by atoms with Gasteiger partial charge in [0.2, 0.25) is 5.91 Å². The van der Waals surface area contributed by atoms with Crippen LogP contribution in [0.2, 0.25) is 0 Å². The fourth-order valence-corrected chi connectivity index (χ4v) is 4.23. The molecule has 0 saturated carbocycles. The minimum Gasteiger partial charge on any atom is -0.312 e. The van der Waals surface area contributed by atoms with E-state index in [0.717, 1.165) is 36.2 Å². The Morgan fingerprint density at radius 3 is 2.76 bits per heavy atom. The minimum absolute atomic E-state index is 0.0301. The van der Waals surface area contributed by atoms with E-state index < -0.39 is 0 Å². The molecule has 1 aliphatic rings. The second-order valence-electron chi connectivity index (χ2n) is 6.07. The lowest BCUT2D eigenvalue weighted by atomic mass is 10.0. The number of para-hydroxylation sites is 1. The van der Waals surface area contributed by atoms with Crippen LogP contribution in [-0.2, 0) is 17.6 Å². The highest BCUT2D eigenvalue weighted by Crippen LogP contribution is 2.32. The normalized spacial score (nSPS) is 12.5. The largest absolute Gasteiger partial charge is 0.312 e. The number of pyridine rings is 1. The quantitative estimate of drug-likeness (QED) is 0.767. The molecule has 1 aromatic carbocycles. The van der Waals surface area contributed by atoms with Crippen LogP contribution in [0.3, 0.4) is 0 Å². The Balaban J connectivity index is 1.79. The highest BCUT2D eigenvalue weighted by molar-refractivity contribution is 8.00. The highest BCUT2D eigenvalue weighted by Gasteiger charge is 2.22. The predicted octanol–water partition coefficient (Wildman–Crippen LogP) is 3.90. The molecule has 1 aromatic heterocycles. The van der Waals surface area contributed by atoms with Gasteiger partial charge < -0.3 is 4.90 Å². The van der Waals surface area contributed by atoms with Crippen molar-refractivity contribution in [1.82, 2.24) is 4.98 Å². The van der Waals surface area contributed by atoms with Gasteiger partial charge in [-0.05, 0) is 56.4 Å². The summed E-state index contributed by atoms with van der Waals surface area (Å²) in [6.07, 6.45) is 3.07. The molecule has 0 spiro atoms. The number of nitrogens with zero attached hydrogens (tertiary/aromatic N) is 3. The van der Waals surface area contributed by atoms with Crippen LogP contribution in [0.25, 0.3) is 0 Å². The first-order chi connectivity index (χ1) is 12.2. The molecule has 4 nitrogen and oxygen atoms in total. The molecule has 25 heavy (non-hydrogen) atoms. The van der Waals surface area contributed by atoms with Crippen LogP contribution in [0, 0.1) is 18.3 Å². The van der Waals surface area contributed by atoms with Gasteiger partial charge in [0.05, 0.1) is 11.3 Å².